The fourth-order valence-corrected chi connectivity index (χ4v) is 2.02. The fourth-order valence-electron chi connectivity index (χ4n) is 1.59. The summed E-state index contributed by atoms with van der Waals surface area (Å²) in [5.74, 6) is 0.436. The fraction of sp³-hybridized carbons (Fsp3) is 0.231. The predicted molar refractivity (Wildman–Crippen MR) is 69.2 cm³/mol. The smallest absolute Gasteiger partial charge is 0.148 e. The highest BCUT2D eigenvalue weighted by Crippen LogP contribution is 2.30. The van der Waals surface area contributed by atoms with E-state index in [2.05, 4.69) is 21.2 Å². The van der Waals surface area contributed by atoms with Crippen molar-refractivity contribution in [2.75, 3.05) is 6.54 Å². The number of hydrogen-bond donors (Lipinski definition) is 1. The lowest BCUT2D eigenvalue weighted by molar-refractivity contribution is 0.575. The maximum atomic E-state index is 13.8. The summed E-state index contributed by atoms with van der Waals surface area (Å²) in [5, 5.41) is 3.10. The average molecular weight is 298 g/mol. The Morgan fingerprint density at radius 2 is 2.18 bits per heavy atom. The van der Waals surface area contributed by atoms with Crippen LogP contribution >= 0.6 is 15.9 Å². The number of rotatable bonds is 4. The van der Waals surface area contributed by atoms with Gasteiger partial charge in [-0.3, -0.25) is 0 Å². The van der Waals surface area contributed by atoms with Gasteiger partial charge in [-0.1, -0.05) is 19.1 Å². The first-order chi connectivity index (χ1) is 8.22. The summed E-state index contributed by atoms with van der Waals surface area (Å²) in [6.07, 6.45) is 1.57. The van der Waals surface area contributed by atoms with E-state index >= 15 is 0 Å². The van der Waals surface area contributed by atoms with Crippen molar-refractivity contribution < 1.29 is 8.81 Å². The molecule has 0 unspecified atom stereocenters. The van der Waals surface area contributed by atoms with Gasteiger partial charge in [0.25, 0.3) is 0 Å². The Balaban J connectivity index is 2.28. The van der Waals surface area contributed by atoms with Crippen molar-refractivity contribution in [3.05, 3.63) is 46.4 Å². The second-order valence-corrected chi connectivity index (χ2v) is 4.54. The topological polar surface area (TPSA) is 25.2 Å². The molecule has 0 aliphatic heterocycles. The molecule has 0 amide bonds. The normalized spacial score (nSPS) is 10.8. The van der Waals surface area contributed by atoms with Crippen LogP contribution in [0.15, 0.2) is 39.4 Å². The van der Waals surface area contributed by atoms with Crippen LogP contribution in [0.2, 0.25) is 0 Å². The molecule has 0 aliphatic rings. The molecule has 17 heavy (non-hydrogen) atoms. The van der Waals surface area contributed by atoms with Crippen molar-refractivity contribution in [3.63, 3.8) is 0 Å². The zero-order valence-corrected chi connectivity index (χ0v) is 11.1. The highest BCUT2D eigenvalue weighted by molar-refractivity contribution is 9.10. The zero-order valence-electron chi connectivity index (χ0n) is 9.47. The molecular weight excluding hydrogens is 285 g/mol. The molecule has 0 saturated heterocycles. The summed E-state index contributed by atoms with van der Waals surface area (Å²) < 4.78 is 19.9. The minimum Gasteiger partial charge on any atom is -0.463 e. The van der Waals surface area contributed by atoms with Crippen LogP contribution in [0.5, 0.6) is 0 Å². The molecular formula is C13H13BrFNO. The van der Waals surface area contributed by atoms with Crippen molar-refractivity contribution >= 4 is 15.9 Å². The maximum Gasteiger partial charge on any atom is 0.148 e. The molecule has 0 fully saturated rings. The van der Waals surface area contributed by atoms with Crippen LogP contribution in [0.1, 0.15) is 12.5 Å². The van der Waals surface area contributed by atoms with E-state index in [-0.39, 0.29) is 5.82 Å². The Morgan fingerprint density at radius 1 is 1.35 bits per heavy atom. The SMILES string of the molecule is CCNCc1ccc(-c2occc2Br)cc1F. The van der Waals surface area contributed by atoms with E-state index in [1.54, 1.807) is 18.4 Å². The average Bonchev–Trinajstić information content (AvgIpc) is 2.74. The van der Waals surface area contributed by atoms with Gasteiger partial charge in [0.1, 0.15) is 11.6 Å². The molecule has 90 valence electrons. The van der Waals surface area contributed by atoms with Crippen LogP contribution in [0.25, 0.3) is 11.3 Å². The third kappa shape index (κ3) is 2.76. The molecule has 1 N–H and O–H groups in total. The molecule has 4 heteroatoms. The Labute approximate surface area is 108 Å². The van der Waals surface area contributed by atoms with Crippen LogP contribution in [0.3, 0.4) is 0 Å². The quantitative estimate of drug-likeness (QED) is 0.924. The first-order valence-corrected chi connectivity index (χ1v) is 6.24. The van der Waals surface area contributed by atoms with Gasteiger partial charge in [-0.15, -0.1) is 0 Å². The Hall–Kier alpha value is -1.13. The van der Waals surface area contributed by atoms with Crippen LogP contribution in [-0.4, -0.2) is 6.54 Å². The first-order valence-electron chi connectivity index (χ1n) is 5.45. The third-order valence-corrected chi connectivity index (χ3v) is 3.12. The molecule has 1 aromatic carbocycles. The van der Waals surface area contributed by atoms with E-state index < -0.39 is 0 Å². The molecule has 2 aromatic rings. The largest absolute Gasteiger partial charge is 0.463 e. The Bertz CT molecular complexity index is 510. The summed E-state index contributed by atoms with van der Waals surface area (Å²) in [6, 6.07) is 6.93. The van der Waals surface area contributed by atoms with E-state index in [0.717, 1.165) is 16.6 Å². The van der Waals surface area contributed by atoms with E-state index in [0.29, 0.717) is 17.9 Å². The van der Waals surface area contributed by atoms with Crippen LogP contribution in [-0.2, 0) is 6.54 Å². The number of hydrogen-bond acceptors (Lipinski definition) is 2. The van der Waals surface area contributed by atoms with Gasteiger partial charge in [-0.25, -0.2) is 4.39 Å². The number of halogens is 2. The predicted octanol–water partition coefficient (Wildman–Crippen LogP) is 3.96. The molecule has 1 heterocycles. The van der Waals surface area contributed by atoms with Gasteiger partial charge in [-0.05, 0) is 34.6 Å². The highest BCUT2D eigenvalue weighted by atomic mass is 79.9. The van der Waals surface area contributed by atoms with Gasteiger partial charge in [0, 0.05) is 17.7 Å². The van der Waals surface area contributed by atoms with Crippen molar-refractivity contribution in [2.45, 2.75) is 13.5 Å². The molecule has 0 atom stereocenters. The van der Waals surface area contributed by atoms with Crippen molar-refractivity contribution in [1.82, 2.24) is 5.32 Å². The summed E-state index contributed by atoms with van der Waals surface area (Å²) in [6.45, 7) is 3.36. The van der Waals surface area contributed by atoms with Crippen molar-refractivity contribution in [1.29, 1.82) is 0 Å². The second kappa shape index (κ2) is 5.47. The molecule has 0 saturated carbocycles. The summed E-state index contributed by atoms with van der Waals surface area (Å²) in [5.41, 5.74) is 1.40. The van der Waals surface area contributed by atoms with E-state index in [1.165, 1.54) is 6.07 Å². The zero-order chi connectivity index (χ0) is 12.3. The summed E-state index contributed by atoms with van der Waals surface area (Å²) >= 11 is 3.36. The molecule has 1 aromatic heterocycles. The molecule has 0 spiro atoms. The van der Waals surface area contributed by atoms with Gasteiger partial charge in [0.2, 0.25) is 0 Å². The lowest BCUT2D eigenvalue weighted by Gasteiger charge is -2.05. The first kappa shape index (κ1) is 12.3. The second-order valence-electron chi connectivity index (χ2n) is 3.68. The van der Waals surface area contributed by atoms with Crippen LogP contribution in [0.4, 0.5) is 4.39 Å². The number of nitrogens with one attached hydrogen (secondary N) is 1. The van der Waals surface area contributed by atoms with Crippen LogP contribution in [0, 0.1) is 5.82 Å². The van der Waals surface area contributed by atoms with Crippen molar-refractivity contribution in [2.24, 2.45) is 0 Å². The van der Waals surface area contributed by atoms with Crippen molar-refractivity contribution in [3.8, 4) is 11.3 Å². The maximum absolute atomic E-state index is 13.8. The van der Waals surface area contributed by atoms with Gasteiger partial charge in [0.15, 0.2) is 0 Å². The molecule has 0 bridgehead atoms. The minimum atomic E-state index is -0.216. The monoisotopic (exact) mass is 297 g/mol. The molecule has 2 nitrogen and oxygen atoms in total. The number of furan rings is 1. The summed E-state index contributed by atoms with van der Waals surface area (Å²) in [7, 11) is 0. The van der Waals surface area contributed by atoms with Gasteiger partial charge >= 0.3 is 0 Å². The summed E-state index contributed by atoms with van der Waals surface area (Å²) in [4.78, 5) is 0. The lowest BCUT2D eigenvalue weighted by atomic mass is 10.1. The van der Waals surface area contributed by atoms with E-state index in [9.17, 15) is 4.39 Å². The minimum absolute atomic E-state index is 0.216. The lowest BCUT2D eigenvalue weighted by Crippen LogP contribution is -2.12. The van der Waals surface area contributed by atoms with Crippen LogP contribution < -0.4 is 5.32 Å². The highest BCUT2D eigenvalue weighted by Gasteiger charge is 2.09. The molecule has 0 aliphatic carbocycles. The van der Waals surface area contributed by atoms with E-state index in [4.69, 9.17) is 4.42 Å². The Kier molecular flexibility index (Phi) is 3.97. The standard InChI is InChI=1S/C13H13BrFNO/c1-2-16-8-10-4-3-9(7-12(10)15)13-11(14)5-6-17-13/h3-7,16H,2,8H2,1H3. The van der Waals surface area contributed by atoms with Gasteiger partial charge in [-0.2, -0.15) is 0 Å². The number of benzene rings is 1. The third-order valence-electron chi connectivity index (χ3n) is 2.50. The Morgan fingerprint density at radius 3 is 2.76 bits per heavy atom. The van der Waals surface area contributed by atoms with Gasteiger partial charge < -0.3 is 9.73 Å². The molecule has 0 radical (unpaired) electrons. The van der Waals surface area contributed by atoms with Gasteiger partial charge in [0.05, 0.1) is 10.7 Å². The van der Waals surface area contributed by atoms with E-state index in [1.807, 2.05) is 13.0 Å². The molecule has 2 rings (SSSR count).